The first-order valence-electron chi connectivity index (χ1n) is 13.1. The van der Waals surface area contributed by atoms with Crippen LogP contribution in [0.1, 0.15) is 26.3 Å². The molecule has 0 aliphatic heterocycles. The largest absolute Gasteiger partial charge is 0.490 e. The molecular weight excluding hydrogens is 615 g/mol. The zero-order valence-electron chi connectivity index (χ0n) is 22.6. The number of carbonyl (C=O) groups is 1. The molecule has 0 unspecified atom stereocenters. The molecule has 2 heterocycles. The molecule has 204 valence electrons. The SMILES string of the molecule is CC(C)(C)OC(=O)N[C@H](COc1cnc(-c2ccccc2)c(-c2ccc3n[nH]c(I)c3c2)c1)Cc1ccccc1. The van der Waals surface area contributed by atoms with Crippen LogP contribution in [0.4, 0.5) is 4.79 Å². The number of H-pyrrole nitrogens is 1. The molecule has 7 nitrogen and oxygen atoms in total. The normalized spacial score (nSPS) is 12.2. The molecule has 0 spiro atoms. The van der Waals surface area contributed by atoms with Crippen LogP contribution in [0.25, 0.3) is 33.3 Å². The number of hydrogen-bond donors (Lipinski definition) is 2. The first-order valence-corrected chi connectivity index (χ1v) is 14.2. The lowest BCUT2D eigenvalue weighted by Crippen LogP contribution is -2.43. The molecule has 0 aliphatic rings. The third kappa shape index (κ3) is 6.98. The van der Waals surface area contributed by atoms with Crippen LogP contribution in [0.15, 0.2) is 91.1 Å². The Bertz CT molecular complexity index is 1600. The van der Waals surface area contributed by atoms with E-state index in [1.807, 2.05) is 93.6 Å². The number of alkyl carbamates (subject to hydrolysis) is 1. The Hall–Kier alpha value is -3.92. The van der Waals surface area contributed by atoms with Crippen LogP contribution in [0.5, 0.6) is 5.75 Å². The summed E-state index contributed by atoms with van der Waals surface area (Å²) in [5, 5.41) is 11.4. The van der Waals surface area contributed by atoms with Crippen molar-refractivity contribution in [1.82, 2.24) is 20.5 Å². The van der Waals surface area contributed by atoms with Gasteiger partial charge in [0.25, 0.3) is 0 Å². The Morgan fingerprint density at radius 2 is 1.70 bits per heavy atom. The quantitative estimate of drug-likeness (QED) is 0.172. The van der Waals surface area contributed by atoms with E-state index in [0.29, 0.717) is 12.2 Å². The summed E-state index contributed by atoms with van der Waals surface area (Å²) in [6.07, 6.45) is 1.86. The molecule has 5 rings (SSSR count). The van der Waals surface area contributed by atoms with Gasteiger partial charge in [-0.15, -0.1) is 0 Å². The second kappa shape index (κ2) is 12.1. The summed E-state index contributed by atoms with van der Waals surface area (Å²) in [5.41, 5.74) is 5.24. The molecule has 0 fully saturated rings. The lowest BCUT2D eigenvalue weighted by Gasteiger charge is -2.24. The molecule has 1 atom stereocenters. The number of hydrogen-bond acceptors (Lipinski definition) is 5. The summed E-state index contributed by atoms with van der Waals surface area (Å²) in [6, 6.07) is 28.0. The lowest BCUT2D eigenvalue weighted by atomic mass is 9.98. The van der Waals surface area contributed by atoms with Gasteiger partial charge < -0.3 is 14.8 Å². The predicted octanol–water partition coefficient (Wildman–Crippen LogP) is 7.41. The van der Waals surface area contributed by atoms with E-state index in [0.717, 1.165) is 42.6 Å². The zero-order valence-corrected chi connectivity index (χ0v) is 24.8. The van der Waals surface area contributed by atoms with Crippen LogP contribution >= 0.6 is 22.6 Å². The number of aromatic nitrogens is 3. The van der Waals surface area contributed by atoms with Gasteiger partial charge in [0.05, 0.1) is 23.4 Å². The number of fused-ring (bicyclic) bond motifs is 1. The number of halogens is 1. The zero-order chi connectivity index (χ0) is 28.1. The Labute approximate surface area is 247 Å². The smallest absolute Gasteiger partial charge is 0.408 e. The molecule has 0 radical (unpaired) electrons. The van der Waals surface area contributed by atoms with Crippen molar-refractivity contribution in [2.24, 2.45) is 0 Å². The van der Waals surface area contributed by atoms with Crippen LogP contribution in [-0.2, 0) is 11.2 Å². The summed E-state index contributed by atoms with van der Waals surface area (Å²) in [5.74, 6) is 0.612. The van der Waals surface area contributed by atoms with Gasteiger partial charge in [-0.1, -0.05) is 66.7 Å². The van der Waals surface area contributed by atoms with Crippen molar-refractivity contribution >= 4 is 39.6 Å². The van der Waals surface area contributed by atoms with E-state index in [-0.39, 0.29) is 12.6 Å². The molecule has 0 bridgehead atoms. The predicted molar refractivity (Wildman–Crippen MR) is 166 cm³/mol. The monoisotopic (exact) mass is 646 g/mol. The van der Waals surface area contributed by atoms with Gasteiger partial charge in [0.2, 0.25) is 0 Å². The van der Waals surface area contributed by atoms with Crippen LogP contribution in [0.2, 0.25) is 0 Å². The van der Waals surface area contributed by atoms with E-state index in [1.54, 1.807) is 6.20 Å². The van der Waals surface area contributed by atoms with Crippen molar-refractivity contribution in [2.45, 2.75) is 38.8 Å². The topological polar surface area (TPSA) is 89.1 Å². The average Bonchev–Trinajstić information content (AvgIpc) is 3.31. The first-order chi connectivity index (χ1) is 19.2. The Morgan fingerprint density at radius 3 is 2.42 bits per heavy atom. The van der Waals surface area contributed by atoms with E-state index in [4.69, 9.17) is 14.5 Å². The molecule has 0 saturated heterocycles. The lowest BCUT2D eigenvalue weighted by molar-refractivity contribution is 0.0487. The number of ether oxygens (including phenoxy) is 2. The molecule has 0 aliphatic carbocycles. The number of nitrogens with zero attached hydrogens (tertiary/aromatic N) is 2. The van der Waals surface area contributed by atoms with Crippen molar-refractivity contribution in [1.29, 1.82) is 0 Å². The van der Waals surface area contributed by atoms with Crippen molar-refractivity contribution < 1.29 is 14.3 Å². The standard InChI is InChI=1S/C32H31IN4O3/c1-32(2,3)40-31(38)35-24(16-21-10-6-4-7-11-21)20-39-25-18-26(29(34-19-25)22-12-8-5-9-13-22)23-14-15-28-27(17-23)30(33)37-36-28/h4-15,17-19,24H,16,20H2,1-3H3,(H,35,38)(H,36,37)/t24-/m0/s1. The minimum atomic E-state index is -0.595. The van der Waals surface area contributed by atoms with Crippen LogP contribution in [-0.4, -0.2) is 39.5 Å². The minimum Gasteiger partial charge on any atom is -0.490 e. The fourth-order valence-electron chi connectivity index (χ4n) is 4.44. The molecule has 8 heteroatoms. The van der Waals surface area contributed by atoms with Gasteiger partial charge in [-0.05, 0) is 79.1 Å². The van der Waals surface area contributed by atoms with E-state index in [9.17, 15) is 4.79 Å². The van der Waals surface area contributed by atoms with Gasteiger partial charge in [0.15, 0.2) is 0 Å². The minimum absolute atomic E-state index is 0.249. The summed E-state index contributed by atoms with van der Waals surface area (Å²) in [7, 11) is 0. The molecule has 40 heavy (non-hydrogen) atoms. The van der Waals surface area contributed by atoms with Crippen LogP contribution in [0.3, 0.4) is 0 Å². The summed E-state index contributed by atoms with van der Waals surface area (Å²) in [4.78, 5) is 17.4. The molecule has 1 amide bonds. The highest BCUT2D eigenvalue weighted by atomic mass is 127. The highest BCUT2D eigenvalue weighted by Crippen LogP contribution is 2.35. The second-order valence-corrected chi connectivity index (χ2v) is 11.6. The molecule has 2 N–H and O–H groups in total. The van der Waals surface area contributed by atoms with Gasteiger partial charge in [0.1, 0.15) is 21.7 Å². The molecule has 5 aromatic rings. The fourth-order valence-corrected chi connectivity index (χ4v) is 4.99. The summed E-state index contributed by atoms with van der Waals surface area (Å²) >= 11 is 2.26. The summed E-state index contributed by atoms with van der Waals surface area (Å²) < 4.78 is 12.8. The van der Waals surface area contributed by atoms with Crippen molar-refractivity contribution in [3.63, 3.8) is 0 Å². The molecule has 0 saturated carbocycles. The number of amides is 1. The number of carbonyl (C=O) groups excluding carboxylic acids is 1. The van der Waals surface area contributed by atoms with Crippen LogP contribution < -0.4 is 10.1 Å². The number of aromatic amines is 1. The van der Waals surface area contributed by atoms with E-state index in [1.165, 1.54) is 0 Å². The van der Waals surface area contributed by atoms with Gasteiger partial charge in [-0.25, -0.2) is 4.79 Å². The Morgan fingerprint density at radius 1 is 0.975 bits per heavy atom. The van der Waals surface area contributed by atoms with Crippen LogP contribution in [0, 0.1) is 3.70 Å². The van der Waals surface area contributed by atoms with Gasteiger partial charge >= 0.3 is 6.09 Å². The number of benzene rings is 3. The molecular formula is C32H31IN4O3. The first kappa shape index (κ1) is 27.6. The van der Waals surface area contributed by atoms with Crippen molar-refractivity contribution in [3.05, 3.63) is 100 Å². The van der Waals surface area contributed by atoms with E-state index < -0.39 is 11.7 Å². The average molecular weight is 647 g/mol. The van der Waals surface area contributed by atoms with Gasteiger partial charge in [-0.3, -0.25) is 10.1 Å². The van der Waals surface area contributed by atoms with Crippen molar-refractivity contribution in [3.8, 4) is 28.1 Å². The second-order valence-electron chi connectivity index (χ2n) is 10.5. The fraction of sp³-hybridized carbons (Fsp3) is 0.219. The molecule has 2 aromatic heterocycles. The maximum atomic E-state index is 12.6. The highest BCUT2D eigenvalue weighted by molar-refractivity contribution is 14.1. The molecule has 3 aromatic carbocycles. The van der Waals surface area contributed by atoms with E-state index >= 15 is 0 Å². The van der Waals surface area contributed by atoms with Crippen molar-refractivity contribution in [2.75, 3.05) is 6.61 Å². The number of rotatable bonds is 8. The Kier molecular flexibility index (Phi) is 8.35. The van der Waals surface area contributed by atoms with Gasteiger partial charge in [0, 0.05) is 16.5 Å². The third-order valence-electron chi connectivity index (χ3n) is 6.23. The third-order valence-corrected chi connectivity index (χ3v) is 7.05. The number of nitrogens with one attached hydrogen (secondary N) is 2. The maximum Gasteiger partial charge on any atom is 0.408 e. The highest BCUT2D eigenvalue weighted by Gasteiger charge is 2.21. The summed E-state index contributed by atoms with van der Waals surface area (Å²) in [6.45, 7) is 5.79. The van der Waals surface area contributed by atoms with E-state index in [2.05, 4.69) is 50.2 Å². The van der Waals surface area contributed by atoms with Gasteiger partial charge in [-0.2, -0.15) is 5.10 Å². The number of pyridine rings is 1. The maximum absolute atomic E-state index is 12.6. The Balaban J connectivity index is 1.44.